The first kappa shape index (κ1) is 25.3. The van der Waals surface area contributed by atoms with Crippen LogP contribution in [0.2, 0.25) is 0 Å². The Morgan fingerprint density at radius 3 is 2.37 bits per heavy atom. The summed E-state index contributed by atoms with van der Waals surface area (Å²) in [7, 11) is 0. The van der Waals surface area contributed by atoms with Gasteiger partial charge in [0.1, 0.15) is 28.9 Å². The van der Waals surface area contributed by atoms with Crippen LogP contribution in [0, 0.1) is 5.92 Å². The molecular weight excluding hydrogens is 486 g/mol. The van der Waals surface area contributed by atoms with Crippen LogP contribution in [-0.2, 0) is 15.3 Å². The first-order valence-electron chi connectivity index (χ1n) is 12.5. The van der Waals surface area contributed by atoms with Crippen LogP contribution in [0.5, 0.6) is 17.2 Å². The van der Waals surface area contributed by atoms with Crippen molar-refractivity contribution in [1.82, 2.24) is 5.32 Å². The first-order valence-corrected chi connectivity index (χ1v) is 12.5. The van der Waals surface area contributed by atoms with Gasteiger partial charge in [0.25, 0.3) is 5.79 Å². The largest absolute Gasteiger partial charge is 0.444 e. The third kappa shape index (κ3) is 4.58. The van der Waals surface area contributed by atoms with Crippen molar-refractivity contribution in [1.29, 1.82) is 0 Å². The summed E-state index contributed by atoms with van der Waals surface area (Å²) < 4.78 is 23.9. The lowest BCUT2D eigenvalue weighted by Crippen LogP contribution is -2.48. The van der Waals surface area contributed by atoms with Gasteiger partial charge in [0.15, 0.2) is 5.78 Å². The SMILES string of the molecule is CC(C)[C@H](NC(=O)OC(C)(C)C)C(=O)Oc1ccc2c3c(cccc13)OC1(C=CC(=O)c3ccccc31)O2. The Hall–Kier alpha value is -4.33. The quantitative estimate of drug-likeness (QED) is 0.353. The second-order valence-electron chi connectivity index (χ2n) is 10.6. The molecule has 0 aromatic heterocycles. The van der Waals surface area contributed by atoms with Gasteiger partial charge in [-0.25, -0.2) is 9.59 Å². The average Bonchev–Trinajstić information content (AvgIpc) is 2.85. The maximum Gasteiger partial charge on any atom is 0.408 e. The van der Waals surface area contributed by atoms with Gasteiger partial charge in [-0.05, 0) is 51.0 Å². The molecule has 1 N–H and O–H groups in total. The molecule has 0 fully saturated rings. The normalized spacial score (nSPS) is 18.4. The second kappa shape index (κ2) is 9.20. The number of hydrogen-bond acceptors (Lipinski definition) is 7. The predicted octanol–water partition coefficient (Wildman–Crippen LogP) is 5.67. The lowest BCUT2D eigenvalue weighted by atomic mass is 9.90. The molecule has 3 aromatic rings. The van der Waals surface area contributed by atoms with Gasteiger partial charge in [-0.2, -0.15) is 0 Å². The van der Waals surface area contributed by atoms with Crippen LogP contribution in [0.15, 0.2) is 66.7 Å². The Kier molecular flexibility index (Phi) is 6.13. The molecule has 0 saturated carbocycles. The molecule has 0 bridgehead atoms. The van der Waals surface area contributed by atoms with E-state index in [2.05, 4.69) is 5.32 Å². The Morgan fingerprint density at radius 2 is 1.66 bits per heavy atom. The molecule has 0 radical (unpaired) electrons. The molecule has 38 heavy (non-hydrogen) atoms. The number of fused-ring (bicyclic) bond motifs is 2. The molecule has 1 heterocycles. The molecule has 8 heteroatoms. The molecule has 5 rings (SSSR count). The minimum Gasteiger partial charge on any atom is -0.444 e. The zero-order valence-electron chi connectivity index (χ0n) is 21.9. The zero-order chi connectivity index (χ0) is 27.2. The van der Waals surface area contributed by atoms with Gasteiger partial charge in [0, 0.05) is 17.0 Å². The van der Waals surface area contributed by atoms with E-state index >= 15 is 0 Å². The van der Waals surface area contributed by atoms with E-state index in [9.17, 15) is 14.4 Å². The number of alkyl carbamates (subject to hydrolysis) is 1. The number of carbonyl (C=O) groups is 3. The zero-order valence-corrected chi connectivity index (χ0v) is 21.9. The lowest BCUT2D eigenvalue weighted by molar-refractivity contribution is -0.137. The van der Waals surface area contributed by atoms with Crippen molar-refractivity contribution >= 4 is 28.6 Å². The molecule has 8 nitrogen and oxygen atoms in total. The fraction of sp³-hybridized carbons (Fsp3) is 0.300. The van der Waals surface area contributed by atoms with E-state index in [-0.39, 0.29) is 11.7 Å². The monoisotopic (exact) mass is 515 g/mol. The van der Waals surface area contributed by atoms with Crippen LogP contribution in [0.1, 0.15) is 50.5 Å². The molecule has 2 aliphatic rings. The number of ketones is 1. The molecule has 2 atom stereocenters. The summed E-state index contributed by atoms with van der Waals surface area (Å²) in [5.74, 6) is -0.963. The van der Waals surface area contributed by atoms with E-state index in [1.54, 1.807) is 69.3 Å². The first-order chi connectivity index (χ1) is 18.0. The summed E-state index contributed by atoms with van der Waals surface area (Å²) in [6, 6.07) is 15.0. The predicted molar refractivity (Wildman–Crippen MR) is 140 cm³/mol. The van der Waals surface area contributed by atoms with E-state index < -0.39 is 29.5 Å². The number of allylic oxidation sites excluding steroid dienone is 1. The van der Waals surface area contributed by atoms with Crippen LogP contribution in [-0.4, -0.2) is 29.5 Å². The number of benzene rings is 3. The van der Waals surface area contributed by atoms with Crippen molar-refractivity contribution in [2.75, 3.05) is 0 Å². The van der Waals surface area contributed by atoms with Crippen LogP contribution >= 0.6 is 0 Å². The van der Waals surface area contributed by atoms with E-state index in [0.29, 0.717) is 39.1 Å². The van der Waals surface area contributed by atoms with Crippen molar-refractivity contribution in [3.8, 4) is 17.2 Å². The summed E-state index contributed by atoms with van der Waals surface area (Å²) in [6.07, 6.45) is 2.37. The van der Waals surface area contributed by atoms with Gasteiger partial charge in [-0.1, -0.05) is 50.2 Å². The van der Waals surface area contributed by atoms with Gasteiger partial charge in [-0.15, -0.1) is 0 Å². The van der Waals surface area contributed by atoms with Crippen molar-refractivity contribution in [3.63, 3.8) is 0 Å². The number of nitrogens with one attached hydrogen (secondary N) is 1. The standard InChI is InChI=1S/C30H29NO7/c1-17(2)26(31-28(34)38-29(3,4)5)27(33)35-22-13-14-24-25-19(22)10-8-12-23(25)36-30(37-24)16-15-21(32)18-9-6-7-11-20(18)30/h6-17,26H,1-5H3,(H,31,34)/t26-,30?/m0/s1. The van der Waals surface area contributed by atoms with Crippen molar-refractivity contribution < 1.29 is 33.3 Å². The Bertz CT molecular complexity index is 1470. The fourth-order valence-corrected chi connectivity index (χ4v) is 4.57. The topological polar surface area (TPSA) is 100 Å². The molecular formula is C30H29NO7. The Labute approximate surface area is 220 Å². The second-order valence-corrected chi connectivity index (χ2v) is 10.6. The van der Waals surface area contributed by atoms with Crippen molar-refractivity contribution in [2.24, 2.45) is 5.92 Å². The van der Waals surface area contributed by atoms with Gasteiger partial charge in [0.05, 0.1) is 10.9 Å². The van der Waals surface area contributed by atoms with E-state index in [1.165, 1.54) is 6.08 Å². The minimum absolute atomic E-state index is 0.121. The fourth-order valence-electron chi connectivity index (χ4n) is 4.57. The number of esters is 1. The Balaban J connectivity index is 1.46. The number of rotatable bonds is 4. The van der Waals surface area contributed by atoms with Crippen molar-refractivity contribution in [2.45, 2.75) is 52.0 Å². The highest BCUT2D eigenvalue weighted by Gasteiger charge is 2.44. The van der Waals surface area contributed by atoms with Gasteiger partial charge in [-0.3, -0.25) is 4.79 Å². The average molecular weight is 516 g/mol. The van der Waals surface area contributed by atoms with Crippen LogP contribution in [0.4, 0.5) is 4.79 Å². The minimum atomic E-state index is -1.30. The highest BCUT2D eigenvalue weighted by molar-refractivity contribution is 6.07. The molecule has 1 spiro atoms. The van der Waals surface area contributed by atoms with Crippen LogP contribution < -0.4 is 19.5 Å². The lowest BCUT2D eigenvalue weighted by Gasteiger charge is -2.39. The third-order valence-electron chi connectivity index (χ3n) is 6.27. The maximum absolute atomic E-state index is 13.2. The van der Waals surface area contributed by atoms with E-state index in [1.807, 2.05) is 26.0 Å². The summed E-state index contributed by atoms with van der Waals surface area (Å²) in [6.45, 7) is 8.86. The summed E-state index contributed by atoms with van der Waals surface area (Å²) in [5, 5.41) is 3.85. The van der Waals surface area contributed by atoms with Gasteiger partial charge >= 0.3 is 12.1 Å². The smallest absolute Gasteiger partial charge is 0.408 e. The molecule has 196 valence electrons. The Morgan fingerprint density at radius 1 is 0.947 bits per heavy atom. The van der Waals surface area contributed by atoms with E-state index in [0.717, 1.165) is 0 Å². The summed E-state index contributed by atoms with van der Waals surface area (Å²) in [4.78, 5) is 38.0. The highest BCUT2D eigenvalue weighted by Crippen LogP contribution is 2.49. The molecule has 1 aliphatic carbocycles. The molecule has 1 unspecified atom stereocenters. The number of carbonyl (C=O) groups excluding carboxylic acids is 3. The summed E-state index contributed by atoms with van der Waals surface area (Å²) in [5.41, 5.74) is 0.414. The number of amides is 1. The molecule has 0 saturated heterocycles. The van der Waals surface area contributed by atoms with Gasteiger partial charge in [0.2, 0.25) is 0 Å². The third-order valence-corrected chi connectivity index (χ3v) is 6.27. The van der Waals surface area contributed by atoms with Crippen LogP contribution in [0.3, 0.4) is 0 Å². The molecule has 3 aromatic carbocycles. The molecule has 1 amide bonds. The number of hydrogen-bond donors (Lipinski definition) is 1. The molecule has 1 aliphatic heterocycles. The summed E-state index contributed by atoms with van der Waals surface area (Å²) >= 11 is 0. The number of ether oxygens (including phenoxy) is 4. The van der Waals surface area contributed by atoms with Crippen molar-refractivity contribution in [3.05, 3.63) is 77.9 Å². The maximum atomic E-state index is 13.2. The van der Waals surface area contributed by atoms with Crippen LogP contribution in [0.25, 0.3) is 10.8 Å². The van der Waals surface area contributed by atoms with Gasteiger partial charge < -0.3 is 24.3 Å². The van der Waals surface area contributed by atoms with E-state index in [4.69, 9.17) is 18.9 Å². The highest BCUT2D eigenvalue weighted by atomic mass is 16.7.